The predicted molar refractivity (Wildman–Crippen MR) is 65.5 cm³/mol. The summed E-state index contributed by atoms with van der Waals surface area (Å²) in [5.41, 5.74) is -0.0759. The van der Waals surface area contributed by atoms with Gasteiger partial charge < -0.3 is 9.26 Å². The molecule has 0 aliphatic heterocycles. The Labute approximate surface area is 115 Å². The summed E-state index contributed by atoms with van der Waals surface area (Å²) in [5.74, 6) is -2.20. The average molecular weight is 332 g/mol. The summed E-state index contributed by atoms with van der Waals surface area (Å²) in [5, 5.41) is 3.48. The molecule has 19 heavy (non-hydrogen) atoms. The number of ether oxygens (including phenoxy) is 1. The molecule has 0 unspecified atom stereocenters. The molecule has 0 aliphatic rings. The summed E-state index contributed by atoms with van der Waals surface area (Å²) in [6.07, 6.45) is 0. The lowest BCUT2D eigenvalue weighted by molar-refractivity contribution is 0.0514. The maximum Gasteiger partial charge on any atom is 0.360 e. The van der Waals surface area contributed by atoms with E-state index in [2.05, 4.69) is 21.1 Å². The van der Waals surface area contributed by atoms with Crippen LogP contribution in [0.2, 0.25) is 0 Å². The minimum Gasteiger partial charge on any atom is -0.461 e. The summed E-state index contributed by atoms with van der Waals surface area (Å²) >= 11 is 2.94. The van der Waals surface area contributed by atoms with Gasteiger partial charge in [0.25, 0.3) is 0 Å². The van der Waals surface area contributed by atoms with E-state index in [4.69, 9.17) is 9.26 Å². The highest BCUT2D eigenvalue weighted by Gasteiger charge is 2.18. The molecule has 0 spiro atoms. The van der Waals surface area contributed by atoms with Gasteiger partial charge in [0.1, 0.15) is 11.6 Å². The Morgan fingerprint density at radius 1 is 1.37 bits per heavy atom. The molecule has 1 heterocycles. The maximum atomic E-state index is 13.6. The van der Waals surface area contributed by atoms with E-state index in [1.165, 1.54) is 12.1 Å². The highest BCUT2D eigenvalue weighted by Crippen LogP contribution is 2.28. The number of benzene rings is 1. The zero-order chi connectivity index (χ0) is 14.0. The average Bonchev–Trinajstić information content (AvgIpc) is 2.83. The number of rotatable bonds is 3. The van der Waals surface area contributed by atoms with E-state index in [1.54, 1.807) is 6.92 Å². The SMILES string of the molecule is CCOC(=O)c1cc(-c2cc(Br)c(F)cc2F)on1. The maximum absolute atomic E-state index is 13.6. The van der Waals surface area contributed by atoms with Gasteiger partial charge in [-0.15, -0.1) is 0 Å². The van der Waals surface area contributed by atoms with Crippen molar-refractivity contribution < 1.29 is 22.8 Å². The molecule has 1 aromatic heterocycles. The van der Waals surface area contributed by atoms with E-state index in [0.29, 0.717) is 6.07 Å². The summed E-state index contributed by atoms with van der Waals surface area (Å²) in [4.78, 5) is 11.4. The van der Waals surface area contributed by atoms with Crippen LogP contribution in [0.25, 0.3) is 11.3 Å². The molecule has 4 nitrogen and oxygen atoms in total. The van der Waals surface area contributed by atoms with Crippen LogP contribution < -0.4 is 0 Å². The van der Waals surface area contributed by atoms with E-state index in [9.17, 15) is 13.6 Å². The highest BCUT2D eigenvalue weighted by molar-refractivity contribution is 9.10. The van der Waals surface area contributed by atoms with Crippen LogP contribution in [0.15, 0.2) is 27.2 Å². The fourth-order valence-electron chi connectivity index (χ4n) is 1.41. The van der Waals surface area contributed by atoms with Crippen molar-refractivity contribution in [2.75, 3.05) is 6.61 Å². The summed E-state index contributed by atoms with van der Waals surface area (Å²) < 4.78 is 36.4. The molecular formula is C12H8BrF2NO3. The first-order valence-corrected chi connectivity index (χ1v) is 6.11. The Hall–Kier alpha value is -1.76. The zero-order valence-corrected chi connectivity index (χ0v) is 11.3. The van der Waals surface area contributed by atoms with Gasteiger partial charge in [0.2, 0.25) is 0 Å². The lowest BCUT2D eigenvalue weighted by Crippen LogP contribution is -2.04. The second-order valence-electron chi connectivity index (χ2n) is 3.54. The Bertz CT molecular complexity index is 627. The minimum atomic E-state index is -0.813. The van der Waals surface area contributed by atoms with Gasteiger partial charge in [0.15, 0.2) is 11.5 Å². The van der Waals surface area contributed by atoms with E-state index < -0.39 is 17.6 Å². The van der Waals surface area contributed by atoms with Crippen LogP contribution in [0.5, 0.6) is 0 Å². The van der Waals surface area contributed by atoms with Crippen molar-refractivity contribution in [3.63, 3.8) is 0 Å². The summed E-state index contributed by atoms with van der Waals surface area (Å²) in [6, 6.07) is 3.16. The van der Waals surface area contributed by atoms with Gasteiger partial charge >= 0.3 is 5.97 Å². The van der Waals surface area contributed by atoms with Gasteiger partial charge in [0.05, 0.1) is 16.6 Å². The molecule has 0 saturated heterocycles. The van der Waals surface area contributed by atoms with Crippen molar-refractivity contribution in [1.82, 2.24) is 5.16 Å². The van der Waals surface area contributed by atoms with Crippen molar-refractivity contribution in [2.45, 2.75) is 6.92 Å². The number of carbonyl (C=O) groups excluding carboxylic acids is 1. The predicted octanol–water partition coefficient (Wildman–Crippen LogP) is 3.56. The molecule has 100 valence electrons. The van der Waals surface area contributed by atoms with Crippen molar-refractivity contribution in [2.24, 2.45) is 0 Å². The fraction of sp³-hybridized carbons (Fsp3) is 0.167. The number of aromatic nitrogens is 1. The smallest absolute Gasteiger partial charge is 0.360 e. The van der Waals surface area contributed by atoms with Crippen LogP contribution in [-0.4, -0.2) is 17.7 Å². The topological polar surface area (TPSA) is 52.3 Å². The summed E-state index contributed by atoms with van der Waals surface area (Å²) in [7, 11) is 0. The van der Waals surface area contributed by atoms with E-state index in [-0.39, 0.29) is 28.1 Å². The molecule has 0 bridgehead atoms. The largest absolute Gasteiger partial charge is 0.461 e. The number of esters is 1. The third-order valence-electron chi connectivity index (χ3n) is 2.27. The Balaban J connectivity index is 2.38. The molecule has 0 aliphatic carbocycles. The Kier molecular flexibility index (Phi) is 3.94. The van der Waals surface area contributed by atoms with Crippen LogP contribution in [-0.2, 0) is 4.74 Å². The van der Waals surface area contributed by atoms with Crippen molar-refractivity contribution >= 4 is 21.9 Å². The molecule has 7 heteroatoms. The molecule has 0 radical (unpaired) electrons. The molecule has 0 N–H and O–H groups in total. The van der Waals surface area contributed by atoms with Crippen molar-refractivity contribution in [1.29, 1.82) is 0 Å². The molecule has 0 saturated carbocycles. The number of hydrogen-bond acceptors (Lipinski definition) is 4. The van der Waals surface area contributed by atoms with Crippen LogP contribution in [0.1, 0.15) is 17.4 Å². The molecule has 2 rings (SSSR count). The highest BCUT2D eigenvalue weighted by atomic mass is 79.9. The standard InChI is InChI=1S/C12H8BrF2NO3/c1-2-18-12(17)10-5-11(19-16-10)6-3-7(13)9(15)4-8(6)14/h3-5H,2H2,1H3. The molecule has 0 amide bonds. The van der Waals surface area contributed by atoms with Gasteiger partial charge in [-0.25, -0.2) is 13.6 Å². The second-order valence-corrected chi connectivity index (χ2v) is 4.40. The normalized spacial score (nSPS) is 10.5. The van der Waals surface area contributed by atoms with E-state index in [1.807, 2.05) is 0 Å². The number of hydrogen-bond donors (Lipinski definition) is 0. The fourth-order valence-corrected chi connectivity index (χ4v) is 1.76. The van der Waals surface area contributed by atoms with Crippen LogP contribution in [0.4, 0.5) is 8.78 Å². The van der Waals surface area contributed by atoms with E-state index in [0.717, 1.165) is 0 Å². The van der Waals surface area contributed by atoms with Gasteiger partial charge in [-0.1, -0.05) is 5.16 Å². The van der Waals surface area contributed by atoms with Gasteiger partial charge in [0, 0.05) is 12.1 Å². The third-order valence-corrected chi connectivity index (χ3v) is 2.88. The monoisotopic (exact) mass is 331 g/mol. The summed E-state index contributed by atoms with van der Waals surface area (Å²) in [6.45, 7) is 1.84. The Morgan fingerprint density at radius 3 is 2.79 bits per heavy atom. The number of nitrogens with zero attached hydrogens (tertiary/aromatic N) is 1. The first-order chi connectivity index (χ1) is 9.02. The quantitative estimate of drug-likeness (QED) is 0.637. The van der Waals surface area contributed by atoms with Gasteiger partial charge in [-0.3, -0.25) is 0 Å². The van der Waals surface area contributed by atoms with Crippen LogP contribution in [0, 0.1) is 11.6 Å². The minimum absolute atomic E-state index is 0.00340. The van der Waals surface area contributed by atoms with Gasteiger partial charge in [-0.2, -0.15) is 0 Å². The molecule has 0 fully saturated rings. The molecule has 0 atom stereocenters. The Morgan fingerprint density at radius 2 is 2.11 bits per heavy atom. The van der Waals surface area contributed by atoms with Crippen molar-refractivity contribution in [3.05, 3.63) is 40.0 Å². The second kappa shape index (κ2) is 5.48. The van der Waals surface area contributed by atoms with Crippen LogP contribution >= 0.6 is 15.9 Å². The number of carbonyl (C=O) groups is 1. The van der Waals surface area contributed by atoms with Gasteiger partial charge in [-0.05, 0) is 28.9 Å². The number of halogens is 3. The molecule has 1 aromatic carbocycles. The zero-order valence-electron chi connectivity index (χ0n) is 9.75. The lowest BCUT2D eigenvalue weighted by Gasteiger charge is -2.00. The lowest BCUT2D eigenvalue weighted by atomic mass is 10.1. The van der Waals surface area contributed by atoms with Crippen LogP contribution in [0.3, 0.4) is 0 Å². The molecule has 2 aromatic rings. The van der Waals surface area contributed by atoms with E-state index >= 15 is 0 Å². The third kappa shape index (κ3) is 2.81. The molecular weight excluding hydrogens is 324 g/mol. The van der Waals surface area contributed by atoms with Crippen molar-refractivity contribution in [3.8, 4) is 11.3 Å². The first kappa shape index (κ1) is 13.7. The first-order valence-electron chi connectivity index (χ1n) is 5.31.